The molecule has 1 atom stereocenters. The Kier molecular flexibility index (Phi) is 4.62. The number of carbonyl (C=O) groups is 1. The topological polar surface area (TPSA) is 62.1 Å². The SMILES string of the molecule is C[C@H]1Cc2cc(/C=C(\C#N)C(=O)NCc3ccccc3)ccc2O1. The Bertz CT molecular complexity index is 819. The molecule has 0 saturated heterocycles. The molecule has 2 aromatic rings. The lowest BCUT2D eigenvalue weighted by atomic mass is 10.0. The Morgan fingerprint density at radius 2 is 2.12 bits per heavy atom. The highest BCUT2D eigenvalue weighted by Crippen LogP contribution is 2.29. The van der Waals surface area contributed by atoms with Gasteiger partial charge in [-0.15, -0.1) is 0 Å². The lowest BCUT2D eigenvalue weighted by molar-refractivity contribution is -0.117. The van der Waals surface area contributed by atoms with Crippen LogP contribution in [0.1, 0.15) is 23.6 Å². The van der Waals surface area contributed by atoms with Gasteiger partial charge in [-0.25, -0.2) is 0 Å². The van der Waals surface area contributed by atoms with Gasteiger partial charge in [0.1, 0.15) is 23.5 Å². The first kappa shape index (κ1) is 15.8. The fourth-order valence-electron chi connectivity index (χ4n) is 2.72. The second kappa shape index (κ2) is 7.01. The molecule has 0 spiro atoms. The molecule has 0 bridgehead atoms. The molecular weight excluding hydrogens is 300 g/mol. The van der Waals surface area contributed by atoms with Crippen LogP contribution in [0.15, 0.2) is 54.1 Å². The Morgan fingerprint density at radius 3 is 2.88 bits per heavy atom. The van der Waals surface area contributed by atoms with E-state index in [0.717, 1.165) is 28.9 Å². The van der Waals surface area contributed by atoms with Crippen LogP contribution < -0.4 is 10.1 Å². The number of hydrogen-bond acceptors (Lipinski definition) is 3. The molecule has 3 rings (SSSR count). The van der Waals surface area contributed by atoms with E-state index in [1.165, 1.54) is 0 Å². The first-order chi connectivity index (χ1) is 11.7. The first-order valence-corrected chi connectivity index (χ1v) is 7.89. The van der Waals surface area contributed by atoms with Crippen LogP contribution in [0.3, 0.4) is 0 Å². The minimum absolute atomic E-state index is 0.0952. The molecule has 1 aliphatic rings. The standard InChI is InChI=1S/C20H18N2O2/c1-14-9-17-10-16(7-8-19(17)24-14)11-18(12-21)20(23)22-13-15-5-3-2-4-6-15/h2-8,10-11,14H,9,13H2,1H3,(H,22,23)/b18-11+/t14-/m0/s1. The van der Waals surface area contributed by atoms with E-state index >= 15 is 0 Å². The molecule has 0 aliphatic carbocycles. The van der Waals surface area contributed by atoms with Crippen molar-refractivity contribution in [2.24, 2.45) is 0 Å². The van der Waals surface area contributed by atoms with E-state index in [1.807, 2.05) is 61.5 Å². The summed E-state index contributed by atoms with van der Waals surface area (Å²) < 4.78 is 5.66. The number of benzene rings is 2. The van der Waals surface area contributed by atoms with E-state index in [1.54, 1.807) is 6.08 Å². The molecule has 120 valence electrons. The summed E-state index contributed by atoms with van der Waals surface area (Å²) in [5, 5.41) is 12.1. The van der Waals surface area contributed by atoms with E-state index in [2.05, 4.69) is 5.32 Å². The zero-order chi connectivity index (χ0) is 16.9. The van der Waals surface area contributed by atoms with Gasteiger partial charge >= 0.3 is 0 Å². The van der Waals surface area contributed by atoms with Gasteiger partial charge in [-0.1, -0.05) is 36.4 Å². The van der Waals surface area contributed by atoms with Gasteiger partial charge in [0.15, 0.2) is 0 Å². The third kappa shape index (κ3) is 3.64. The van der Waals surface area contributed by atoms with Crippen molar-refractivity contribution in [3.05, 3.63) is 70.8 Å². The molecule has 4 heteroatoms. The average Bonchev–Trinajstić information content (AvgIpc) is 2.97. The number of fused-ring (bicyclic) bond motifs is 1. The predicted molar refractivity (Wildman–Crippen MR) is 92.1 cm³/mol. The van der Waals surface area contributed by atoms with E-state index in [4.69, 9.17) is 4.74 Å². The van der Waals surface area contributed by atoms with Crippen molar-refractivity contribution in [1.82, 2.24) is 5.32 Å². The Balaban J connectivity index is 1.71. The molecule has 2 aromatic carbocycles. The lowest BCUT2D eigenvalue weighted by Gasteiger charge is -2.05. The fraction of sp³-hybridized carbons (Fsp3) is 0.200. The number of nitriles is 1. The number of rotatable bonds is 4. The molecule has 1 amide bonds. The second-order valence-corrected chi connectivity index (χ2v) is 5.84. The second-order valence-electron chi connectivity index (χ2n) is 5.84. The van der Waals surface area contributed by atoms with Gasteiger partial charge in [-0.05, 0) is 41.8 Å². The highest BCUT2D eigenvalue weighted by Gasteiger charge is 2.19. The van der Waals surface area contributed by atoms with Crippen LogP contribution in [0.2, 0.25) is 0 Å². The molecule has 0 fully saturated rings. The Morgan fingerprint density at radius 1 is 1.33 bits per heavy atom. The summed E-state index contributed by atoms with van der Waals surface area (Å²) >= 11 is 0. The van der Waals surface area contributed by atoms with Crippen molar-refractivity contribution >= 4 is 12.0 Å². The number of amides is 1. The van der Waals surface area contributed by atoms with E-state index in [0.29, 0.717) is 6.54 Å². The fourth-order valence-corrected chi connectivity index (χ4v) is 2.72. The average molecular weight is 318 g/mol. The molecule has 0 radical (unpaired) electrons. The molecule has 0 saturated carbocycles. The molecular formula is C20H18N2O2. The van der Waals surface area contributed by atoms with Crippen molar-refractivity contribution in [1.29, 1.82) is 5.26 Å². The number of hydrogen-bond donors (Lipinski definition) is 1. The number of ether oxygens (including phenoxy) is 1. The molecule has 0 unspecified atom stereocenters. The Hall–Kier alpha value is -3.06. The summed E-state index contributed by atoms with van der Waals surface area (Å²) in [5.74, 6) is 0.512. The van der Waals surface area contributed by atoms with Gasteiger partial charge in [0, 0.05) is 13.0 Å². The minimum Gasteiger partial charge on any atom is -0.490 e. The molecule has 4 nitrogen and oxygen atoms in total. The van der Waals surface area contributed by atoms with Crippen LogP contribution in [0.5, 0.6) is 5.75 Å². The van der Waals surface area contributed by atoms with Crippen LogP contribution in [0.25, 0.3) is 6.08 Å². The van der Waals surface area contributed by atoms with Crippen molar-refractivity contribution < 1.29 is 9.53 Å². The maximum Gasteiger partial charge on any atom is 0.262 e. The largest absolute Gasteiger partial charge is 0.490 e. The van der Waals surface area contributed by atoms with Gasteiger partial charge in [0.25, 0.3) is 5.91 Å². The van der Waals surface area contributed by atoms with Gasteiger partial charge in [-0.3, -0.25) is 4.79 Å². The van der Waals surface area contributed by atoms with Crippen LogP contribution >= 0.6 is 0 Å². The van der Waals surface area contributed by atoms with Crippen LogP contribution in [0, 0.1) is 11.3 Å². The normalized spacial score (nSPS) is 16.0. The molecule has 0 aromatic heterocycles. The van der Waals surface area contributed by atoms with Crippen LogP contribution in [-0.4, -0.2) is 12.0 Å². The smallest absolute Gasteiger partial charge is 0.262 e. The summed E-state index contributed by atoms with van der Waals surface area (Å²) in [7, 11) is 0. The Labute approximate surface area is 141 Å². The zero-order valence-corrected chi connectivity index (χ0v) is 13.5. The summed E-state index contributed by atoms with van der Waals surface area (Å²) in [6.45, 7) is 2.42. The zero-order valence-electron chi connectivity index (χ0n) is 13.5. The first-order valence-electron chi connectivity index (χ1n) is 7.89. The van der Waals surface area contributed by atoms with Crippen molar-refractivity contribution in [3.8, 4) is 11.8 Å². The maximum atomic E-state index is 12.2. The van der Waals surface area contributed by atoms with Crippen molar-refractivity contribution in [2.45, 2.75) is 26.0 Å². The highest BCUT2D eigenvalue weighted by molar-refractivity contribution is 6.01. The highest BCUT2D eigenvalue weighted by atomic mass is 16.5. The quantitative estimate of drug-likeness (QED) is 0.695. The van der Waals surface area contributed by atoms with E-state index in [-0.39, 0.29) is 17.6 Å². The molecule has 1 aliphatic heterocycles. The third-order valence-corrected chi connectivity index (χ3v) is 3.89. The van der Waals surface area contributed by atoms with Crippen molar-refractivity contribution in [3.63, 3.8) is 0 Å². The number of nitrogens with zero attached hydrogens (tertiary/aromatic N) is 1. The summed E-state index contributed by atoms with van der Waals surface area (Å²) in [5.41, 5.74) is 3.03. The summed E-state index contributed by atoms with van der Waals surface area (Å²) in [6, 6.07) is 17.3. The van der Waals surface area contributed by atoms with Gasteiger partial charge in [-0.2, -0.15) is 5.26 Å². The summed E-state index contributed by atoms with van der Waals surface area (Å²) in [4.78, 5) is 12.2. The van der Waals surface area contributed by atoms with E-state index < -0.39 is 0 Å². The van der Waals surface area contributed by atoms with Gasteiger partial charge in [0.2, 0.25) is 0 Å². The number of carbonyl (C=O) groups excluding carboxylic acids is 1. The maximum absolute atomic E-state index is 12.2. The van der Waals surface area contributed by atoms with Gasteiger partial charge in [0.05, 0.1) is 0 Å². The lowest BCUT2D eigenvalue weighted by Crippen LogP contribution is -2.23. The third-order valence-electron chi connectivity index (χ3n) is 3.89. The predicted octanol–water partition coefficient (Wildman–Crippen LogP) is 3.23. The monoisotopic (exact) mass is 318 g/mol. The van der Waals surface area contributed by atoms with E-state index in [9.17, 15) is 10.1 Å². The summed E-state index contributed by atoms with van der Waals surface area (Å²) in [6.07, 6.45) is 2.63. The van der Waals surface area contributed by atoms with Gasteiger partial charge < -0.3 is 10.1 Å². The molecule has 1 N–H and O–H groups in total. The van der Waals surface area contributed by atoms with Crippen LogP contribution in [-0.2, 0) is 17.8 Å². The molecule has 24 heavy (non-hydrogen) atoms. The number of nitrogens with one attached hydrogen (secondary N) is 1. The minimum atomic E-state index is -0.369. The van der Waals surface area contributed by atoms with Crippen LogP contribution in [0.4, 0.5) is 0 Å². The van der Waals surface area contributed by atoms with Crippen molar-refractivity contribution in [2.75, 3.05) is 0 Å². The molecule has 1 heterocycles.